The van der Waals surface area contributed by atoms with E-state index < -0.39 is 10.0 Å². The lowest BCUT2D eigenvalue weighted by molar-refractivity contribution is 0.0653. The van der Waals surface area contributed by atoms with Crippen LogP contribution in [0.1, 0.15) is 45.0 Å². The highest BCUT2D eigenvalue weighted by Gasteiger charge is 2.26. The molecule has 2 heterocycles. The highest BCUT2D eigenvalue weighted by molar-refractivity contribution is 7.92. The van der Waals surface area contributed by atoms with Crippen molar-refractivity contribution in [3.8, 4) is 23.1 Å². The fourth-order valence-corrected chi connectivity index (χ4v) is 4.88. The smallest absolute Gasteiger partial charge is 0.263 e. The van der Waals surface area contributed by atoms with Gasteiger partial charge in [0.2, 0.25) is 5.75 Å². The van der Waals surface area contributed by atoms with Crippen molar-refractivity contribution in [2.45, 2.75) is 57.0 Å². The highest BCUT2D eigenvalue weighted by Crippen LogP contribution is 2.40. The number of methoxy groups -OCH3 is 1. The lowest BCUT2D eigenvalue weighted by Crippen LogP contribution is -2.19. The number of nitrogens with zero attached hydrogens (tertiary/aromatic N) is 2. The number of aryl methyl sites for hydroxylation is 1. The van der Waals surface area contributed by atoms with Gasteiger partial charge in [0.05, 0.1) is 18.1 Å². The van der Waals surface area contributed by atoms with Crippen molar-refractivity contribution < 1.29 is 27.4 Å². The molecule has 0 radical (unpaired) electrons. The maximum Gasteiger partial charge on any atom is 0.263 e. The number of ether oxygens (including phenoxy) is 4. The van der Waals surface area contributed by atoms with E-state index in [2.05, 4.69) is 35.5 Å². The van der Waals surface area contributed by atoms with Gasteiger partial charge in [-0.15, -0.1) is 0 Å². The predicted octanol–water partition coefficient (Wildman–Crippen LogP) is 5.24. The monoisotopic (exact) mass is 527 g/mol. The van der Waals surface area contributed by atoms with E-state index in [1.807, 2.05) is 12.1 Å². The molecule has 1 unspecified atom stereocenters. The van der Waals surface area contributed by atoms with Crippen LogP contribution in [0.25, 0.3) is 0 Å². The number of hydrogen-bond donors (Lipinski definition) is 1. The zero-order chi connectivity index (χ0) is 26.6. The zero-order valence-corrected chi connectivity index (χ0v) is 22.6. The van der Waals surface area contributed by atoms with Gasteiger partial charge in [-0.05, 0) is 55.0 Å². The molecular weight excluding hydrogens is 494 g/mol. The number of para-hydroxylation sites is 2. The predicted molar refractivity (Wildman–Crippen MR) is 140 cm³/mol. The Kier molecular flexibility index (Phi) is 7.89. The van der Waals surface area contributed by atoms with Crippen molar-refractivity contribution in [2.75, 3.05) is 25.0 Å². The number of rotatable bonds is 9. The normalized spacial score (nSPS) is 15.9. The highest BCUT2D eigenvalue weighted by atomic mass is 32.2. The van der Waals surface area contributed by atoms with Crippen LogP contribution in [0.2, 0.25) is 0 Å². The third-order valence-electron chi connectivity index (χ3n) is 5.92. The van der Waals surface area contributed by atoms with E-state index in [1.165, 1.54) is 7.11 Å². The summed E-state index contributed by atoms with van der Waals surface area (Å²) in [6, 6.07) is 13.8. The fraction of sp³-hybridized carbons (Fsp3) is 0.407. The average molecular weight is 528 g/mol. The minimum Gasteiger partial charge on any atom is -0.493 e. The van der Waals surface area contributed by atoms with Gasteiger partial charge in [-0.2, -0.15) is 4.98 Å². The van der Waals surface area contributed by atoms with Crippen LogP contribution in [-0.4, -0.2) is 44.8 Å². The molecule has 4 rings (SSSR count). The SMILES string of the molecule is COc1ccccc1Oc1c(NS(=O)(=O)c2ccc(C(C)(C)C)cc2)nc(C)nc1OCC1CCCO1. The van der Waals surface area contributed by atoms with Crippen molar-refractivity contribution in [3.63, 3.8) is 0 Å². The second-order valence-electron chi connectivity index (χ2n) is 9.83. The third kappa shape index (κ3) is 6.50. The molecule has 1 aliphatic rings. The van der Waals surface area contributed by atoms with Gasteiger partial charge in [-0.1, -0.05) is 45.0 Å². The largest absolute Gasteiger partial charge is 0.493 e. The standard InChI is InChI=1S/C27H33N3O6S/c1-18-28-25(30-37(31,32)21-14-12-19(13-15-21)27(2,3)4)24(36-23-11-7-6-10-22(23)33-5)26(29-18)35-17-20-9-8-16-34-20/h6-7,10-15,20H,8-9,16-17H2,1-5H3,(H,28,29,30). The van der Waals surface area contributed by atoms with Crippen molar-refractivity contribution in [3.05, 3.63) is 59.9 Å². The average Bonchev–Trinajstić information content (AvgIpc) is 3.38. The molecule has 0 spiro atoms. The summed E-state index contributed by atoms with van der Waals surface area (Å²) >= 11 is 0. The molecule has 0 saturated carbocycles. The maximum absolute atomic E-state index is 13.4. The molecule has 9 nitrogen and oxygen atoms in total. The number of benzene rings is 2. The molecule has 37 heavy (non-hydrogen) atoms. The second kappa shape index (κ2) is 10.9. The molecule has 2 aromatic carbocycles. The first-order chi connectivity index (χ1) is 17.6. The minimum atomic E-state index is -4.00. The Hall–Kier alpha value is -3.37. The van der Waals surface area contributed by atoms with Crippen molar-refractivity contribution in [2.24, 2.45) is 0 Å². The van der Waals surface area contributed by atoms with Crippen molar-refractivity contribution >= 4 is 15.8 Å². The summed E-state index contributed by atoms with van der Waals surface area (Å²) in [4.78, 5) is 8.85. The summed E-state index contributed by atoms with van der Waals surface area (Å²) in [5.41, 5.74) is 0.916. The van der Waals surface area contributed by atoms with E-state index in [0.717, 1.165) is 18.4 Å². The molecule has 1 aromatic heterocycles. The Morgan fingerprint density at radius 2 is 1.76 bits per heavy atom. The van der Waals surface area contributed by atoms with Gasteiger partial charge in [0, 0.05) is 6.61 Å². The Morgan fingerprint density at radius 3 is 2.38 bits per heavy atom. The van der Waals surface area contributed by atoms with E-state index in [0.29, 0.717) is 23.9 Å². The van der Waals surface area contributed by atoms with E-state index in [4.69, 9.17) is 18.9 Å². The Morgan fingerprint density at radius 1 is 1.05 bits per heavy atom. The van der Waals surface area contributed by atoms with Crippen LogP contribution in [0.3, 0.4) is 0 Å². The number of sulfonamides is 1. The summed E-state index contributed by atoms with van der Waals surface area (Å²) in [7, 11) is -2.48. The minimum absolute atomic E-state index is 0.0305. The van der Waals surface area contributed by atoms with Gasteiger partial charge in [-0.25, -0.2) is 13.4 Å². The Labute approximate surface area is 218 Å². The molecule has 0 bridgehead atoms. The van der Waals surface area contributed by atoms with Crippen molar-refractivity contribution in [1.82, 2.24) is 9.97 Å². The van der Waals surface area contributed by atoms with Crippen LogP contribution in [-0.2, 0) is 20.2 Å². The number of aromatic nitrogens is 2. The molecule has 198 valence electrons. The molecule has 1 aliphatic heterocycles. The summed E-state index contributed by atoms with van der Waals surface area (Å²) in [6.45, 7) is 8.79. The molecule has 1 fully saturated rings. The lowest BCUT2D eigenvalue weighted by Gasteiger charge is -2.20. The fourth-order valence-electron chi connectivity index (χ4n) is 3.88. The Bertz CT molecular complexity index is 1330. The topological polar surface area (TPSA) is 109 Å². The summed E-state index contributed by atoms with van der Waals surface area (Å²) in [6.07, 6.45) is 1.76. The van der Waals surface area contributed by atoms with Crippen molar-refractivity contribution in [1.29, 1.82) is 0 Å². The Balaban J connectivity index is 1.71. The second-order valence-corrected chi connectivity index (χ2v) is 11.5. The molecule has 1 atom stereocenters. The van der Waals surface area contributed by atoms with Crippen LogP contribution >= 0.6 is 0 Å². The molecular formula is C27H33N3O6S. The van der Waals surface area contributed by atoms with Crippen LogP contribution < -0.4 is 18.9 Å². The van der Waals surface area contributed by atoms with Gasteiger partial charge in [0.25, 0.3) is 15.9 Å². The van der Waals surface area contributed by atoms with Crippen LogP contribution in [0.4, 0.5) is 5.82 Å². The van der Waals surface area contributed by atoms with Gasteiger partial charge in [-0.3, -0.25) is 4.72 Å². The van der Waals surface area contributed by atoms with Gasteiger partial charge < -0.3 is 18.9 Å². The van der Waals surface area contributed by atoms with Gasteiger partial charge in [0.1, 0.15) is 12.4 Å². The quantitative estimate of drug-likeness (QED) is 0.402. The van der Waals surface area contributed by atoms with Crippen LogP contribution in [0, 0.1) is 6.92 Å². The first-order valence-corrected chi connectivity index (χ1v) is 13.6. The maximum atomic E-state index is 13.4. The number of nitrogens with one attached hydrogen (secondary N) is 1. The summed E-state index contributed by atoms with van der Waals surface area (Å²) < 4.78 is 52.5. The third-order valence-corrected chi connectivity index (χ3v) is 7.27. The van der Waals surface area contributed by atoms with Gasteiger partial charge >= 0.3 is 0 Å². The summed E-state index contributed by atoms with van der Waals surface area (Å²) in [5.74, 6) is 1.22. The van der Waals surface area contributed by atoms with E-state index in [9.17, 15) is 8.42 Å². The summed E-state index contributed by atoms with van der Waals surface area (Å²) in [5, 5.41) is 0. The van der Waals surface area contributed by atoms with E-state index in [-0.39, 0.29) is 40.5 Å². The molecule has 0 amide bonds. The first-order valence-electron chi connectivity index (χ1n) is 12.1. The molecule has 10 heteroatoms. The van der Waals surface area contributed by atoms with Gasteiger partial charge in [0.15, 0.2) is 17.3 Å². The lowest BCUT2D eigenvalue weighted by atomic mass is 9.87. The number of hydrogen-bond acceptors (Lipinski definition) is 8. The van der Waals surface area contributed by atoms with Crippen LogP contribution in [0.5, 0.6) is 23.1 Å². The molecule has 1 saturated heterocycles. The number of anilines is 1. The molecule has 1 N–H and O–H groups in total. The zero-order valence-electron chi connectivity index (χ0n) is 21.8. The van der Waals surface area contributed by atoms with E-state index in [1.54, 1.807) is 43.3 Å². The first kappa shape index (κ1) is 26.7. The molecule has 0 aliphatic carbocycles. The van der Waals surface area contributed by atoms with Crippen LogP contribution in [0.15, 0.2) is 53.4 Å². The molecule has 3 aromatic rings. The van der Waals surface area contributed by atoms with E-state index >= 15 is 0 Å².